The van der Waals surface area contributed by atoms with E-state index in [2.05, 4.69) is 10.6 Å². The van der Waals surface area contributed by atoms with Crippen LogP contribution in [0, 0.1) is 0 Å². The van der Waals surface area contributed by atoms with Crippen LogP contribution in [0.3, 0.4) is 0 Å². The number of hydrogen-bond donors (Lipinski definition) is 3. The summed E-state index contributed by atoms with van der Waals surface area (Å²) in [4.78, 5) is 72.1. The summed E-state index contributed by atoms with van der Waals surface area (Å²) in [5.41, 5.74) is -1.13. The maximum atomic E-state index is 12.9. The van der Waals surface area contributed by atoms with Gasteiger partial charge in [0, 0.05) is 38.8 Å². The van der Waals surface area contributed by atoms with Gasteiger partial charge in [-0.1, -0.05) is 77.0 Å². The summed E-state index contributed by atoms with van der Waals surface area (Å²) in [5, 5.41) is 13.9. The number of rotatable bonds is 39. The Labute approximate surface area is 354 Å². The number of carboxylic acid groups (broad SMARTS) is 1. The van der Waals surface area contributed by atoms with Gasteiger partial charge in [0.25, 0.3) is 0 Å². The van der Waals surface area contributed by atoms with Crippen molar-refractivity contribution in [3.63, 3.8) is 0 Å². The Morgan fingerprint density at radius 2 is 0.966 bits per heavy atom. The molecule has 59 heavy (non-hydrogen) atoms. The van der Waals surface area contributed by atoms with Crippen molar-refractivity contribution in [1.29, 1.82) is 0 Å². The standard InChI is InChI=1S/C44H80N2O13/c1-43(2,3)58-41(52)24-20-18-16-14-12-10-8-7-9-11-13-15-17-19-23-38(48)46-37(42(53)59-44(4,5)6)26-25-36(47)22-21-28-54-30-32-56-34-39(49)45-27-29-55-31-33-57-35-40(50)51/h37H,7-35H2,1-6H3,(H,45,49)(H,46,48)(H,50,51)/t37-/m0/s1. The van der Waals surface area contributed by atoms with Crippen molar-refractivity contribution in [3.05, 3.63) is 0 Å². The molecule has 0 unspecified atom stereocenters. The van der Waals surface area contributed by atoms with Gasteiger partial charge in [0.2, 0.25) is 11.8 Å². The topological polar surface area (TPSA) is 202 Å². The molecule has 1 atom stereocenters. The summed E-state index contributed by atoms with van der Waals surface area (Å²) in [6.45, 7) is 12.2. The first kappa shape index (κ1) is 55.9. The molecule has 15 heteroatoms. The molecule has 0 fully saturated rings. The van der Waals surface area contributed by atoms with Crippen LogP contribution in [-0.2, 0) is 57.2 Å². The maximum absolute atomic E-state index is 12.9. The van der Waals surface area contributed by atoms with Crippen molar-refractivity contribution in [2.75, 3.05) is 59.4 Å². The van der Waals surface area contributed by atoms with Gasteiger partial charge in [-0.2, -0.15) is 0 Å². The van der Waals surface area contributed by atoms with Gasteiger partial charge < -0.3 is 44.2 Å². The molecule has 0 rings (SSSR count). The minimum absolute atomic E-state index is 0.0372. The van der Waals surface area contributed by atoms with Crippen LogP contribution >= 0.6 is 0 Å². The molecule has 344 valence electrons. The molecule has 0 radical (unpaired) electrons. The zero-order chi connectivity index (χ0) is 44.2. The van der Waals surface area contributed by atoms with E-state index in [0.717, 1.165) is 38.5 Å². The molecule has 0 aliphatic carbocycles. The second-order valence-corrected chi connectivity index (χ2v) is 16.9. The molecule has 0 aliphatic heterocycles. The summed E-state index contributed by atoms with van der Waals surface area (Å²) < 4.78 is 31.7. The van der Waals surface area contributed by atoms with Gasteiger partial charge in [-0.15, -0.1) is 0 Å². The van der Waals surface area contributed by atoms with Crippen LogP contribution in [0.15, 0.2) is 0 Å². The summed E-state index contributed by atoms with van der Waals surface area (Å²) in [6.07, 6.45) is 17.6. The van der Waals surface area contributed by atoms with Crippen molar-refractivity contribution in [1.82, 2.24) is 10.6 Å². The number of ketones is 1. The van der Waals surface area contributed by atoms with Crippen molar-refractivity contribution >= 4 is 35.5 Å². The van der Waals surface area contributed by atoms with E-state index in [0.29, 0.717) is 25.9 Å². The van der Waals surface area contributed by atoms with E-state index in [1.807, 2.05) is 20.8 Å². The van der Waals surface area contributed by atoms with Gasteiger partial charge >= 0.3 is 17.9 Å². The molecule has 0 bridgehead atoms. The van der Waals surface area contributed by atoms with Gasteiger partial charge in [-0.3, -0.25) is 19.2 Å². The fraction of sp³-hybridized carbons (Fsp3) is 0.864. The third-order valence-electron chi connectivity index (χ3n) is 8.71. The number of carbonyl (C=O) groups excluding carboxylic acids is 5. The Kier molecular flexibility index (Phi) is 33.7. The Morgan fingerprint density at radius 1 is 0.492 bits per heavy atom. The highest BCUT2D eigenvalue weighted by atomic mass is 16.6. The summed E-state index contributed by atoms with van der Waals surface area (Å²) in [6, 6.07) is -0.891. The SMILES string of the molecule is CC(C)(C)OC(=O)CCCCCCCCCCCCCCCCC(=O)N[C@@H](CCC(=O)CCCOCCOCC(=O)NCCOCCOCC(=O)O)C(=O)OC(C)(C)C. The van der Waals surface area contributed by atoms with Gasteiger partial charge in [0.15, 0.2) is 0 Å². The quantitative estimate of drug-likeness (QED) is 0.0432. The lowest BCUT2D eigenvalue weighted by Gasteiger charge is -2.24. The zero-order valence-electron chi connectivity index (χ0n) is 37.4. The minimum Gasteiger partial charge on any atom is -0.480 e. The Morgan fingerprint density at radius 3 is 1.49 bits per heavy atom. The highest BCUT2D eigenvalue weighted by molar-refractivity contribution is 5.85. The maximum Gasteiger partial charge on any atom is 0.329 e. The van der Waals surface area contributed by atoms with Crippen LogP contribution in [0.1, 0.15) is 170 Å². The average molecular weight is 845 g/mol. The van der Waals surface area contributed by atoms with Gasteiger partial charge in [0.1, 0.15) is 36.2 Å². The third kappa shape index (κ3) is 41.4. The lowest BCUT2D eigenvalue weighted by atomic mass is 10.0. The molecule has 2 amide bonds. The molecule has 0 saturated carbocycles. The van der Waals surface area contributed by atoms with E-state index in [1.165, 1.54) is 51.4 Å². The second kappa shape index (κ2) is 35.6. The number of unbranched alkanes of at least 4 members (excludes halogenated alkanes) is 13. The van der Waals surface area contributed by atoms with Crippen LogP contribution in [0.5, 0.6) is 0 Å². The number of esters is 2. The van der Waals surface area contributed by atoms with Crippen LogP contribution in [0.4, 0.5) is 0 Å². The molecule has 0 aromatic rings. The van der Waals surface area contributed by atoms with E-state index >= 15 is 0 Å². The molecule has 0 aliphatic rings. The number of ether oxygens (including phenoxy) is 6. The van der Waals surface area contributed by atoms with Crippen LogP contribution in [0.25, 0.3) is 0 Å². The predicted molar refractivity (Wildman–Crippen MR) is 225 cm³/mol. The Hall–Kier alpha value is -3.14. The smallest absolute Gasteiger partial charge is 0.329 e. The van der Waals surface area contributed by atoms with E-state index in [1.54, 1.807) is 20.8 Å². The second-order valence-electron chi connectivity index (χ2n) is 16.9. The minimum atomic E-state index is -1.05. The average Bonchev–Trinajstić information content (AvgIpc) is 3.13. The zero-order valence-corrected chi connectivity index (χ0v) is 37.4. The number of amides is 2. The number of nitrogens with one attached hydrogen (secondary N) is 2. The Bertz CT molecular complexity index is 1150. The first-order valence-corrected chi connectivity index (χ1v) is 22.0. The molecule has 15 nitrogen and oxygen atoms in total. The molecule has 3 N–H and O–H groups in total. The normalized spacial score (nSPS) is 12.2. The van der Waals surface area contributed by atoms with Crippen LogP contribution in [0.2, 0.25) is 0 Å². The van der Waals surface area contributed by atoms with Gasteiger partial charge in [0.05, 0.1) is 33.0 Å². The van der Waals surface area contributed by atoms with E-state index < -0.39 is 29.2 Å². The first-order chi connectivity index (χ1) is 28.0. The Balaban J connectivity index is 4.00. The molecule has 0 spiro atoms. The van der Waals surface area contributed by atoms with E-state index in [-0.39, 0.29) is 95.6 Å². The van der Waals surface area contributed by atoms with Crippen molar-refractivity contribution in [2.24, 2.45) is 0 Å². The fourth-order valence-electron chi connectivity index (χ4n) is 5.84. The molecule has 0 saturated heterocycles. The van der Waals surface area contributed by atoms with E-state index in [4.69, 9.17) is 33.5 Å². The summed E-state index contributed by atoms with van der Waals surface area (Å²) in [7, 11) is 0. The predicted octanol–water partition coefficient (Wildman–Crippen LogP) is 6.79. The fourth-order valence-corrected chi connectivity index (χ4v) is 5.84. The van der Waals surface area contributed by atoms with Crippen LogP contribution in [-0.4, -0.2) is 117 Å². The largest absolute Gasteiger partial charge is 0.480 e. The van der Waals surface area contributed by atoms with Crippen LogP contribution < -0.4 is 10.6 Å². The van der Waals surface area contributed by atoms with E-state index in [9.17, 15) is 28.8 Å². The number of hydrogen-bond acceptors (Lipinski definition) is 12. The number of aliphatic carboxylic acids is 1. The molecular formula is C44H80N2O13. The van der Waals surface area contributed by atoms with Crippen molar-refractivity contribution in [2.45, 2.75) is 187 Å². The molecule has 0 heterocycles. The molecule has 0 aromatic heterocycles. The number of carboxylic acids is 1. The highest BCUT2D eigenvalue weighted by Crippen LogP contribution is 2.16. The van der Waals surface area contributed by atoms with Crippen molar-refractivity contribution < 1.29 is 62.3 Å². The highest BCUT2D eigenvalue weighted by Gasteiger charge is 2.27. The lowest BCUT2D eigenvalue weighted by Crippen LogP contribution is -2.44. The molecular weight excluding hydrogens is 764 g/mol. The number of Topliss-reactive ketones (excluding diaryl/α,β-unsaturated/α-hetero) is 1. The first-order valence-electron chi connectivity index (χ1n) is 22.0. The third-order valence-corrected chi connectivity index (χ3v) is 8.71. The van der Waals surface area contributed by atoms with Gasteiger partial charge in [-0.05, 0) is 67.2 Å². The monoisotopic (exact) mass is 845 g/mol. The number of carbonyl (C=O) groups is 6. The van der Waals surface area contributed by atoms with Crippen molar-refractivity contribution in [3.8, 4) is 0 Å². The lowest BCUT2D eigenvalue weighted by molar-refractivity contribution is -0.159. The molecule has 0 aromatic carbocycles. The summed E-state index contributed by atoms with van der Waals surface area (Å²) >= 11 is 0. The van der Waals surface area contributed by atoms with Gasteiger partial charge in [-0.25, -0.2) is 9.59 Å². The summed E-state index contributed by atoms with van der Waals surface area (Å²) in [5.74, 6) is -2.24.